The Morgan fingerprint density at radius 2 is 1.76 bits per heavy atom. The molecule has 0 aliphatic rings. The maximum Gasteiger partial charge on any atom is 0.269 e. The molecule has 0 fully saturated rings. The first-order valence-electron chi connectivity index (χ1n) is 5.88. The van der Waals surface area contributed by atoms with E-state index in [1.165, 1.54) is 43.4 Å². The predicted octanol–water partition coefficient (Wildman–Crippen LogP) is 2.30. The second-order valence-corrected chi connectivity index (χ2v) is 5.92. The number of nitrogens with zero attached hydrogens (tertiary/aromatic N) is 1. The molecule has 0 aliphatic carbocycles. The fourth-order valence-electron chi connectivity index (χ4n) is 1.59. The van der Waals surface area contributed by atoms with E-state index in [0.717, 1.165) is 0 Å². The molecule has 0 radical (unpaired) electrons. The van der Waals surface area contributed by atoms with Gasteiger partial charge in [0.1, 0.15) is 11.5 Å². The van der Waals surface area contributed by atoms with E-state index in [4.69, 9.17) is 4.74 Å². The number of non-ortho nitro benzene ring substituents is 1. The largest absolute Gasteiger partial charge is 0.457 e. The van der Waals surface area contributed by atoms with Crippen molar-refractivity contribution < 1.29 is 18.1 Å². The number of benzene rings is 2. The summed E-state index contributed by atoms with van der Waals surface area (Å²) in [6, 6.07) is 11.4. The van der Waals surface area contributed by atoms with Crippen LogP contribution < -0.4 is 9.46 Å². The molecule has 0 aromatic heterocycles. The van der Waals surface area contributed by atoms with E-state index in [0.29, 0.717) is 11.5 Å². The smallest absolute Gasteiger partial charge is 0.269 e. The van der Waals surface area contributed by atoms with E-state index in [2.05, 4.69) is 4.72 Å². The van der Waals surface area contributed by atoms with Crippen LogP contribution in [0.2, 0.25) is 0 Å². The first kappa shape index (κ1) is 14.9. The lowest BCUT2D eigenvalue weighted by molar-refractivity contribution is -0.384. The van der Waals surface area contributed by atoms with E-state index < -0.39 is 14.9 Å². The van der Waals surface area contributed by atoms with Crippen LogP contribution >= 0.6 is 0 Å². The highest BCUT2D eigenvalue weighted by atomic mass is 32.2. The normalized spacial score (nSPS) is 11.1. The van der Waals surface area contributed by atoms with Crippen molar-refractivity contribution in [1.82, 2.24) is 4.72 Å². The van der Waals surface area contributed by atoms with Crippen molar-refractivity contribution in [2.45, 2.75) is 4.90 Å². The molecule has 0 saturated carbocycles. The summed E-state index contributed by atoms with van der Waals surface area (Å²) in [5.41, 5.74) is -0.0474. The van der Waals surface area contributed by atoms with Gasteiger partial charge < -0.3 is 4.74 Å². The number of nitro benzene ring substituents is 1. The van der Waals surface area contributed by atoms with Gasteiger partial charge in [-0.05, 0) is 31.3 Å². The third-order valence-electron chi connectivity index (χ3n) is 2.67. The summed E-state index contributed by atoms with van der Waals surface area (Å²) < 4.78 is 31.1. The topological polar surface area (TPSA) is 98.5 Å². The Balaban J connectivity index is 2.24. The van der Waals surface area contributed by atoms with Crippen molar-refractivity contribution in [3.05, 3.63) is 58.6 Å². The molecule has 21 heavy (non-hydrogen) atoms. The molecular weight excluding hydrogens is 296 g/mol. The summed E-state index contributed by atoms with van der Waals surface area (Å²) >= 11 is 0. The van der Waals surface area contributed by atoms with Crippen molar-refractivity contribution in [2.75, 3.05) is 7.05 Å². The number of nitrogens with one attached hydrogen (secondary N) is 1. The third kappa shape index (κ3) is 3.56. The van der Waals surface area contributed by atoms with Gasteiger partial charge in [-0.1, -0.05) is 6.07 Å². The predicted molar refractivity (Wildman–Crippen MR) is 75.9 cm³/mol. The van der Waals surface area contributed by atoms with E-state index >= 15 is 0 Å². The summed E-state index contributed by atoms with van der Waals surface area (Å²) in [6.45, 7) is 0. The van der Waals surface area contributed by atoms with Crippen molar-refractivity contribution in [3.8, 4) is 11.5 Å². The van der Waals surface area contributed by atoms with Gasteiger partial charge in [0, 0.05) is 18.2 Å². The molecule has 0 atom stereocenters. The summed E-state index contributed by atoms with van der Waals surface area (Å²) in [6.07, 6.45) is 0. The average Bonchev–Trinajstić information content (AvgIpc) is 2.48. The van der Waals surface area contributed by atoms with Gasteiger partial charge in [0.15, 0.2) is 0 Å². The second-order valence-electron chi connectivity index (χ2n) is 4.04. The number of hydrogen-bond donors (Lipinski definition) is 1. The number of sulfonamides is 1. The first-order chi connectivity index (χ1) is 9.92. The molecule has 2 aromatic rings. The second kappa shape index (κ2) is 5.90. The van der Waals surface area contributed by atoms with Crippen LogP contribution in [0.15, 0.2) is 53.4 Å². The fourth-order valence-corrected chi connectivity index (χ4v) is 2.36. The Hall–Kier alpha value is -2.45. The molecule has 2 aromatic carbocycles. The van der Waals surface area contributed by atoms with Gasteiger partial charge in [-0.2, -0.15) is 0 Å². The molecular formula is C13H12N2O5S. The Labute approximate surface area is 121 Å². The lowest BCUT2D eigenvalue weighted by Crippen LogP contribution is -2.18. The number of rotatable bonds is 5. The van der Waals surface area contributed by atoms with Crippen molar-refractivity contribution in [3.63, 3.8) is 0 Å². The summed E-state index contributed by atoms with van der Waals surface area (Å²) in [4.78, 5) is 10.1. The molecule has 2 rings (SSSR count). The van der Waals surface area contributed by atoms with Gasteiger partial charge in [-0.15, -0.1) is 0 Å². The van der Waals surface area contributed by atoms with Gasteiger partial charge in [-0.3, -0.25) is 10.1 Å². The van der Waals surface area contributed by atoms with E-state index in [1.807, 2.05) is 0 Å². The number of nitro groups is 1. The monoisotopic (exact) mass is 308 g/mol. The molecule has 0 aliphatic heterocycles. The standard InChI is InChI=1S/C13H12N2O5S/c1-14-21(18,19)13-4-2-3-12(9-13)20-11-7-5-10(6-8-11)15(16)17/h2-9,14H,1H3. The van der Waals surface area contributed by atoms with Crippen LogP contribution in [0.3, 0.4) is 0 Å². The molecule has 7 nitrogen and oxygen atoms in total. The minimum Gasteiger partial charge on any atom is -0.457 e. The zero-order valence-electron chi connectivity index (χ0n) is 11.0. The zero-order valence-corrected chi connectivity index (χ0v) is 11.8. The summed E-state index contributed by atoms with van der Waals surface area (Å²) in [7, 11) is -2.23. The van der Waals surface area contributed by atoms with Crippen LogP contribution in [0.1, 0.15) is 0 Å². The van der Waals surface area contributed by atoms with Crippen molar-refractivity contribution in [1.29, 1.82) is 0 Å². The minimum absolute atomic E-state index is 0.0474. The Morgan fingerprint density at radius 3 is 2.33 bits per heavy atom. The molecule has 8 heteroatoms. The summed E-state index contributed by atoms with van der Waals surface area (Å²) in [5, 5.41) is 10.5. The van der Waals surface area contributed by atoms with Crippen molar-refractivity contribution in [2.24, 2.45) is 0 Å². The highest BCUT2D eigenvalue weighted by molar-refractivity contribution is 7.89. The van der Waals surface area contributed by atoms with E-state index in [-0.39, 0.29) is 10.6 Å². The summed E-state index contributed by atoms with van der Waals surface area (Å²) in [5.74, 6) is 0.694. The number of hydrogen-bond acceptors (Lipinski definition) is 5. The van der Waals surface area contributed by atoms with Gasteiger partial charge in [-0.25, -0.2) is 13.1 Å². The molecule has 0 unspecified atom stereocenters. The van der Waals surface area contributed by atoms with Gasteiger partial charge >= 0.3 is 0 Å². The minimum atomic E-state index is -3.55. The Kier molecular flexibility index (Phi) is 4.20. The van der Waals surface area contributed by atoms with E-state index in [9.17, 15) is 18.5 Å². The molecule has 1 N–H and O–H groups in total. The average molecular weight is 308 g/mol. The molecule has 0 spiro atoms. The molecule has 0 amide bonds. The molecule has 0 heterocycles. The highest BCUT2D eigenvalue weighted by Gasteiger charge is 2.12. The molecule has 0 bridgehead atoms. The van der Waals surface area contributed by atoms with Crippen LogP contribution in [0.25, 0.3) is 0 Å². The maximum atomic E-state index is 11.7. The Morgan fingerprint density at radius 1 is 1.10 bits per heavy atom. The quantitative estimate of drug-likeness (QED) is 0.675. The zero-order chi connectivity index (χ0) is 15.5. The molecule has 0 saturated heterocycles. The van der Waals surface area contributed by atoms with Gasteiger partial charge in [0.2, 0.25) is 10.0 Å². The van der Waals surface area contributed by atoms with Crippen LogP contribution in [0, 0.1) is 10.1 Å². The van der Waals surface area contributed by atoms with E-state index in [1.54, 1.807) is 12.1 Å². The maximum absolute atomic E-state index is 11.7. The van der Waals surface area contributed by atoms with Crippen molar-refractivity contribution >= 4 is 15.7 Å². The fraction of sp³-hybridized carbons (Fsp3) is 0.0769. The number of ether oxygens (including phenoxy) is 1. The van der Waals surface area contributed by atoms with Crippen LogP contribution in [-0.2, 0) is 10.0 Å². The SMILES string of the molecule is CNS(=O)(=O)c1cccc(Oc2ccc([N+](=O)[O-])cc2)c1. The lowest BCUT2D eigenvalue weighted by Gasteiger charge is -2.07. The van der Waals surface area contributed by atoms with Crippen LogP contribution in [0.5, 0.6) is 11.5 Å². The van der Waals surface area contributed by atoms with Crippen LogP contribution in [0.4, 0.5) is 5.69 Å². The first-order valence-corrected chi connectivity index (χ1v) is 7.36. The highest BCUT2D eigenvalue weighted by Crippen LogP contribution is 2.25. The lowest BCUT2D eigenvalue weighted by atomic mass is 10.3. The van der Waals surface area contributed by atoms with Gasteiger partial charge in [0.25, 0.3) is 5.69 Å². The molecule has 110 valence electrons. The Bertz CT molecular complexity index is 756. The van der Waals surface area contributed by atoms with Gasteiger partial charge in [0.05, 0.1) is 9.82 Å². The third-order valence-corrected chi connectivity index (χ3v) is 4.08. The van der Waals surface area contributed by atoms with Crippen LogP contribution in [-0.4, -0.2) is 20.4 Å².